The summed E-state index contributed by atoms with van der Waals surface area (Å²) in [7, 11) is -2.22. The second-order valence-corrected chi connectivity index (χ2v) is 8.17. The van der Waals surface area contributed by atoms with Gasteiger partial charge in [-0.05, 0) is 48.6 Å². The third-order valence-electron chi connectivity index (χ3n) is 4.68. The van der Waals surface area contributed by atoms with Crippen LogP contribution < -0.4 is 4.74 Å². The van der Waals surface area contributed by atoms with Gasteiger partial charge in [0.25, 0.3) is 0 Å². The average molecular weight is 363 g/mol. The first kappa shape index (κ1) is 17.9. The number of sulfonamides is 1. The van der Waals surface area contributed by atoms with Gasteiger partial charge in [-0.15, -0.1) is 0 Å². The largest absolute Gasteiger partial charge is 0.497 e. The molecule has 4 nitrogen and oxygen atoms in total. The molecular formula is C19H22FNO3S. The first-order valence-corrected chi connectivity index (χ1v) is 9.85. The Kier molecular flexibility index (Phi) is 5.39. The van der Waals surface area contributed by atoms with Gasteiger partial charge in [-0.2, -0.15) is 4.31 Å². The predicted molar refractivity (Wildman–Crippen MR) is 94.7 cm³/mol. The Morgan fingerprint density at radius 2 is 1.80 bits per heavy atom. The number of rotatable bonds is 4. The van der Waals surface area contributed by atoms with E-state index in [0.29, 0.717) is 13.1 Å². The summed E-state index contributed by atoms with van der Waals surface area (Å²) in [5.74, 6) is 0.163. The van der Waals surface area contributed by atoms with Gasteiger partial charge < -0.3 is 4.74 Å². The van der Waals surface area contributed by atoms with Crippen LogP contribution in [0.1, 0.15) is 30.7 Å². The summed E-state index contributed by atoms with van der Waals surface area (Å²) in [4.78, 5) is -0.245. The van der Waals surface area contributed by atoms with Crippen LogP contribution in [-0.2, 0) is 10.0 Å². The average Bonchev–Trinajstić information content (AvgIpc) is 2.89. The fraction of sp³-hybridized carbons (Fsp3) is 0.368. The van der Waals surface area contributed by atoms with E-state index in [1.807, 2.05) is 24.3 Å². The van der Waals surface area contributed by atoms with Crippen molar-refractivity contribution in [2.45, 2.75) is 30.1 Å². The first-order chi connectivity index (χ1) is 12.0. The molecule has 1 aliphatic rings. The predicted octanol–water partition coefficient (Wildman–Crippen LogP) is 3.79. The van der Waals surface area contributed by atoms with Crippen LogP contribution in [0.5, 0.6) is 5.75 Å². The van der Waals surface area contributed by atoms with E-state index in [1.165, 1.54) is 22.5 Å². The topological polar surface area (TPSA) is 46.6 Å². The van der Waals surface area contributed by atoms with E-state index in [1.54, 1.807) is 13.2 Å². The lowest BCUT2D eigenvalue weighted by molar-refractivity contribution is 0.401. The van der Waals surface area contributed by atoms with Gasteiger partial charge in [-0.25, -0.2) is 12.8 Å². The maximum atomic E-state index is 14.0. The van der Waals surface area contributed by atoms with Crippen molar-refractivity contribution in [2.24, 2.45) is 0 Å². The summed E-state index contributed by atoms with van der Waals surface area (Å²) in [6.07, 6.45) is 2.63. The van der Waals surface area contributed by atoms with Crippen LogP contribution in [-0.4, -0.2) is 32.9 Å². The van der Waals surface area contributed by atoms with Crippen LogP contribution in [0.3, 0.4) is 0 Å². The van der Waals surface area contributed by atoms with E-state index in [-0.39, 0.29) is 10.8 Å². The molecule has 0 amide bonds. The number of halogens is 1. The molecule has 0 bridgehead atoms. The normalized spacial score (nSPS) is 19.4. The summed E-state index contributed by atoms with van der Waals surface area (Å²) in [6, 6.07) is 13.3. The number of ether oxygens (including phenoxy) is 1. The lowest BCUT2D eigenvalue weighted by atomic mass is 9.94. The molecule has 1 fully saturated rings. The molecule has 0 aromatic heterocycles. The molecule has 0 saturated carbocycles. The van der Waals surface area contributed by atoms with Gasteiger partial charge in [0.1, 0.15) is 16.5 Å². The third kappa shape index (κ3) is 3.85. The van der Waals surface area contributed by atoms with Gasteiger partial charge in [-0.3, -0.25) is 0 Å². The van der Waals surface area contributed by atoms with Crippen LogP contribution >= 0.6 is 0 Å². The maximum Gasteiger partial charge on any atom is 0.246 e. The minimum atomic E-state index is -3.84. The molecule has 0 aliphatic carbocycles. The number of nitrogens with zero attached hydrogens (tertiary/aromatic N) is 1. The molecule has 1 heterocycles. The summed E-state index contributed by atoms with van der Waals surface area (Å²) in [5.41, 5.74) is 1.08. The monoisotopic (exact) mass is 363 g/mol. The fourth-order valence-electron chi connectivity index (χ4n) is 3.27. The van der Waals surface area contributed by atoms with Crippen molar-refractivity contribution in [1.29, 1.82) is 0 Å². The van der Waals surface area contributed by atoms with Crippen molar-refractivity contribution in [3.8, 4) is 5.75 Å². The Labute approximate surface area is 148 Å². The number of hydrogen-bond donors (Lipinski definition) is 0. The van der Waals surface area contributed by atoms with Crippen LogP contribution in [0, 0.1) is 5.82 Å². The standard InChI is InChI=1S/C19H22FNO3S/c1-24-17-11-9-15(10-12-17)16-6-4-5-13-21(14-16)25(22,23)19-8-3-2-7-18(19)20/h2-3,7-12,16H,4-6,13-14H2,1H3. The summed E-state index contributed by atoms with van der Waals surface area (Å²) < 4.78 is 46.4. The summed E-state index contributed by atoms with van der Waals surface area (Å²) in [6.45, 7) is 0.784. The zero-order valence-electron chi connectivity index (χ0n) is 14.2. The molecule has 1 saturated heterocycles. The molecular weight excluding hydrogens is 341 g/mol. The molecule has 0 radical (unpaired) electrons. The summed E-state index contributed by atoms with van der Waals surface area (Å²) >= 11 is 0. The molecule has 134 valence electrons. The smallest absolute Gasteiger partial charge is 0.246 e. The van der Waals surface area contributed by atoms with Crippen molar-refractivity contribution in [3.63, 3.8) is 0 Å². The Balaban J connectivity index is 1.87. The Hall–Kier alpha value is -1.92. The van der Waals surface area contributed by atoms with Crippen molar-refractivity contribution in [2.75, 3.05) is 20.2 Å². The van der Waals surface area contributed by atoms with Crippen LogP contribution in [0.2, 0.25) is 0 Å². The molecule has 6 heteroatoms. The third-order valence-corrected chi connectivity index (χ3v) is 6.57. The van der Waals surface area contributed by atoms with Gasteiger partial charge in [-0.1, -0.05) is 30.7 Å². The molecule has 0 spiro atoms. The highest BCUT2D eigenvalue weighted by Crippen LogP contribution is 2.31. The quantitative estimate of drug-likeness (QED) is 0.830. The zero-order chi connectivity index (χ0) is 17.9. The van der Waals surface area contributed by atoms with Gasteiger partial charge in [0.2, 0.25) is 10.0 Å². The minimum Gasteiger partial charge on any atom is -0.497 e. The highest BCUT2D eigenvalue weighted by Gasteiger charge is 2.31. The van der Waals surface area contributed by atoms with Crippen molar-refractivity contribution >= 4 is 10.0 Å². The van der Waals surface area contributed by atoms with E-state index in [9.17, 15) is 12.8 Å². The second-order valence-electron chi connectivity index (χ2n) is 6.26. The van der Waals surface area contributed by atoms with Crippen molar-refractivity contribution in [1.82, 2.24) is 4.31 Å². The number of methoxy groups -OCH3 is 1. The van der Waals surface area contributed by atoms with E-state index >= 15 is 0 Å². The molecule has 3 rings (SSSR count). The van der Waals surface area contributed by atoms with Crippen molar-refractivity contribution in [3.05, 3.63) is 59.9 Å². The van der Waals surface area contributed by atoms with E-state index < -0.39 is 15.8 Å². The van der Waals surface area contributed by atoms with Gasteiger partial charge in [0.05, 0.1) is 7.11 Å². The van der Waals surface area contributed by atoms with Crippen LogP contribution in [0.4, 0.5) is 4.39 Å². The molecule has 0 N–H and O–H groups in total. The first-order valence-electron chi connectivity index (χ1n) is 8.41. The number of hydrogen-bond acceptors (Lipinski definition) is 3. The minimum absolute atomic E-state index is 0.0926. The zero-order valence-corrected chi connectivity index (χ0v) is 15.0. The maximum absolute atomic E-state index is 14.0. The van der Waals surface area contributed by atoms with Crippen LogP contribution in [0.15, 0.2) is 53.4 Å². The highest BCUT2D eigenvalue weighted by atomic mass is 32.2. The van der Waals surface area contributed by atoms with Crippen LogP contribution in [0.25, 0.3) is 0 Å². The molecule has 1 unspecified atom stereocenters. The molecule has 2 aromatic rings. The fourth-order valence-corrected chi connectivity index (χ4v) is 4.86. The molecule has 1 atom stereocenters. The van der Waals surface area contributed by atoms with E-state index in [0.717, 1.165) is 30.6 Å². The van der Waals surface area contributed by atoms with E-state index in [4.69, 9.17) is 4.74 Å². The lowest BCUT2D eigenvalue weighted by Crippen LogP contribution is -2.34. The van der Waals surface area contributed by atoms with E-state index in [2.05, 4.69) is 0 Å². The molecule has 1 aliphatic heterocycles. The summed E-state index contributed by atoms with van der Waals surface area (Å²) in [5, 5.41) is 0. The number of benzene rings is 2. The van der Waals surface area contributed by atoms with Gasteiger partial charge in [0, 0.05) is 13.1 Å². The van der Waals surface area contributed by atoms with Gasteiger partial charge in [0.15, 0.2) is 0 Å². The molecule has 2 aromatic carbocycles. The Morgan fingerprint density at radius 3 is 2.48 bits per heavy atom. The Bertz CT molecular complexity index is 821. The Morgan fingerprint density at radius 1 is 1.08 bits per heavy atom. The van der Waals surface area contributed by atoms with Crippen molar-refractivity contribution < 1.29 is 17.5 Å². The van der Waals surface area contributed by atoms with Gasteiger partial charge >= 0.3 is 0 Å². The second kappa shape index (κ2) is 7.54. The highest BCUT2D eigenvalue weighted by molar-refractivity contribution is 7.89. The lowest BCUT2D eigenvalue weighted by Gasteiger charge is -2.24. The SMILES string of the molecule is COc1ccc(C2CCCCN(S(=O)(=O)c3ccccc3F)C2)cc1. The molecule has 25 heavy (non-hydrogen) atoms.